The maximum atomic E-state index is 15.2. The van der Waals surface area contributed by atoms with Gasteiger partial charge in [-0.2, -0.15) is 0 Å². The number of benzene rings is 2. The third kappa shape index (κ3) is 6.68. The Morgan fingerprint density at radius 3 is 2.59 bits per heavy atom. The fraction of sp³-hybridized carbons (Fsp3) is 0.269. The van der Waals surface area contributed by atoms with Crippen molar-refractivity contribution in [2.24, 2.45) is 0 Å². The third-order valence-corrected chi connectivity index (χ3v) is 9.44. The van der Waals surface area contributed by atoms with Gasteiger partial charge >= 0.3 is 6.03 Å². The second-order valence-electron chi connectivity index (χ2n) is 9.20. The van der Waals surface area contributed by atoms with Crippen molar-refractivity contribution < 1.29 is 22.3 Å². The molecule has 1 fully saturated rings. The maximum absolute atomic E-state index is 15.2. The van der Waals surface area contributed by atoms with Crippen LogP contribution >= 0.6 is 22.9 Å². The average Bonchev–Trinajstić information content (AvgIpc) is 3.37. The molecule has 2 aromatic carbocycles. The number of carbonyl (C=O) groups excluding carboxylic acids is 1. The number of fused-ring (bicyclic) bond motifs is 1. The quantitative estimate of drug-likeness (QED) is 0.271. The van der Waals surface area contributed by atoms with Gasteiger partial charge in [0.05, 0.1) is 34.1 Å². The Balaban J connectivity index is 1.30. The number of urea groups is 1. The van der Waals surface area contributed by atoms with Crippen molar-refractivity contribution in [2.45, 2.75) is 11.1 Å². The van der Waals surface area contributed by atoms with Crippen LogP contribution in [0.5, 0.6) is 0 Å². The molecule has 0 saturated carbocycles. The number of carbonyl (C=O) groups is 1. The lowest BCUT2D eigenvalue weighted by molar-refractivity contribution is 0.0398. The van der Waals surface area contributed by atoms with E-state index in [1.807, 2.05) is 4.72 Å². The Morgan fingerprint density at radius 2 is 1.88 bits per heavy atom. The van der Waals surface area contributed by atoms with E-state index in [0.717, 1.165) is 67.1 Å². The molecule has 0 unspecified atom stereocenters. The molecule has 41 heavy (non-hydrogen) atoms. The number of anilines is 2. The summed E-state index contributed by atoms with van der Waals surface area (Å²) in [6.45, 7) is 6.44. The van der Waals surface area contributed by atoms with Gasteiger partial charge in [0, 0.05) is 37.6 Å². The van der Waals surface area contributed by atoms with Gasteiger partial charge < -0.3 is 15.4 Å². The highest BCUT2D eigenvalue weighted by molar-refractivity contribution is 7.92. The summed E-state index contributed by atoms with van der Waals surface area (Å²) < 4.78 is 48.3. The van der Waals surface area contributed by atoms with Crippen LogP contribution in [0, 0.1) is 12.7 Å². The Hall–Kier alpha value is -3.56. The number of hydrogen-bond donors (Lipinski definition) is 3. The number of hydrogen-bond acceptors (Lipinski definition) is 9. The zero-order chi connectivity index (χ0) is 29.1. The normalized spacial score (nSPS) is 14.2. The first-order valence-electron chi connectivity index (χ1n) is 12.6. The smallest absolute Gasteiger partial charge is 0.333 e. The third-order valence-electron chi connectivity index (χ3n) is 6.38. The molecule has 15 heteroatoms. The van der Waals surface area contributed by atoms with E-state index in [2.05, 4.69) is 20.5 Å². The molecule has 11 nitrogen and oxygen atoms in total. The van der Waals surface area contributed by atoms with Crippen molar-refractivity contribution in [3.63, 3.8) is 0 Å². The van der Waals surface area contributed by atoms with E-state index in [-0.39, 0.29) is 25.7 Å². The van der Waals surface area contributed by atoms with Crippen LogP contribution in [-0.2, 0) is 14.8 Å². The van der Waals surface area contributed by atoms with E-state index in [1.165, 1.54) is 24.3 Å². The Kier molecular flexibility index (Phi) is 8.56. The summed E-state index contributed by atoms with van der Waals surface area (Å²) in [6, 6.07) is 10.4. The van der Waals surface area contributed by atoms with Crippen LogP contribution in [0.2, 0.25) is 4.34 Å². The largest absolute Gasteiger partial charge is 0.384 e. The molecular weight excluding hydrogens is 595 g/mol. The number of sulfonamides is 1. The molecule has 0 spiro atoms. The van der Waals surface area contributed by atoms with Crippen LogP contribution in [-0.4, -0.2) is 68.3 Å². The lowest BCUT2D eigenvalue weighted by Crippen LogP contribution is -2.39. The van der Waals surface area contributed by atoms with E-state index >= 15 is 4.39 Å². The van der Waals surface area contributed by atoms with Crippen LogP contribution in [0.3, 0.4) is 0 Å². The van der Waals surface area contributed by atoms with Gasteiger partial charge in [-0.3, -0.25) is 14.3 Å². The van der Waals surface area contributed by atoms with E-state index in [0.29, 0.717) is 10.9 Å². The second kappa shape index (κ2) is 12.1. The molecule has 0 aliphatic carbocycles. The molecule has 3 heterocycles. The fourth-order valence-electron chi connectivity index (χ4n) is 4.41. The predicted molar refractivity (Wildman–Crippen MR) is 156 cm³/mol. The summed E-state index contributed by atoms with van der Waals surface area (Å²) in [7, 11) is -4.15. The van der Waals surface area contributed by atoms with Gasteiger partial charge in [-0.25, -0.2) is 27.3 Å². The molecule has 3 N–H and O–H groups in total. The molecule has 1 aliphatic rings. The van der Waals surface area contributed by atoms with Crippen LogP contribution in [0.15, 0.2) is 57.5 Å². The Morgan fingerprint density at radius 1 is 1.12 bits per heavy atom. The molecule has 2 aromatic heterocycles. The number of aryl methyl sites for hydroxylation is 1. The highest BCUT2D eigenvalue weighted by Gasteiger charge is 2.21. The standard InChI is InChI=1S/C26H26ClFN6O5S2/c1-16-30-21-15-17(29-8-9-33-10-12-39-13-11-33)2-4-19(21)25(35)34(16)22-5-3-18(14-20(22)28)31-26(36)32-41(37,38)24-7-6-23(27)40-24/h2-7,14-15,29H,8-13H2,1H3,(H2,31,32,36). The fourth-order valence-corrected chi connectivity index (χ4v) is 6.80. The van der Waals surface area contributed by atoms with Crippen LogP contribution < -0.4 is 20.9 Å². The first-order valence-corrected chi connectivity index (χ1v) is 15.2. The van der Waals surface area contributed by atoms with Crippen molar-refractivity contribution in [1.29, 1.82) is 0 Å². The number of rotatable bonds is 8. The Labute approximate surface area is 244 Å². The number of halogens is 2. The maximum Gasteiger partial charge on any atom is 0.333 e. The summed E-state index contributed by atoms with van der Waals surface area (Å²) in [5, 5.41) is 5.94. The highest BCUT2D eigenvalue weighted by atomic mass is 35.5. The summed E-state index contributed by atoms with van der Waals surface area (Å²) in [4.78, 5) is 32.5. The van der Waals surface area contributed by atoms with Gasteiger partial charge in [0.15, 0.2) is 0 Å². The number of nitrogens with one attached hydrogen (secondary N) is 3. The van der Waals surface area contributed by atoms with E-state index < -0.39 is 27.4 Å². The van der Waals surface area contributed by atoms with Crippen molar-refractivity contribution in [2.75, 3.05) is 50.0 Å². The minimum atomic E-state index is -4.15. The SMILES string of the molecule is Cc1nc2cc(NCCN3CCOCC3)ccc2c(=O)n1-c1ccc(NC(=O)NS(=O)(=O)c2ccc(Cl)s2)cc1F. The van der Waals surface area contributed by atoms with Gasteiger partial charge in [-0.15, -0.1) is 11.3 Å². The topological polar surface area (TPSA) is 135 Å². The molecule has 5 rings (SSSR count). The Bertz CT molecular complexity index is 1770. The van der Waals surface area contributed by atoms with Gasteiger partial charge in [-0.1, -0.05) is 11.6 Å². The molecule has 1 saturated heterocycles. The number of morpholine rings is 1. The average molecular weight is 621 g/mol. The van der Waals surface area contributed by atoms with E-state index in [1.54, 1.807) is 25.1 Å². The monoisotopic (exact) mass is 620 g/mol. The van der Waals surface area contributed by atoms with Crippen LogP contribution in [0.4, 0.5) is 20.6 Å². The number of ether oxygens (including phenoxy) is 1. The van der Waals surface area contributed by atoms with Crippen molar-refractivity contribution in [3.05, 3.63) is 74.9 Å². The molecule has 0 radical (unpaired) electrons. The lowest BCUT2D eigenvalue weighted by Gasteiger charge is -2.26. The van der Waals surface area contributed by atoms with Crippen molar-refractivity contribution in [1.82, 2.24) is 19.2 Å². The minimum absolute atomic E-state index is 0.0181. The summed E-state index contributed by atoms with van der Waals surface area (Å²) in [5.74, 6) is -0.547. The highest BCUT2D eigenvalue weighted by Crippen LogP contribution is 2.26. The van der Waals surface area contributed by atoms with Crippen LogP contribution in [0.25, 0.3) is 16.6 Å². The summed E-state index contributed by atoms with van der Waals surface area (Å²) in [5.41, 5.74) is 0.754. The van der Waals surface area contributed by atoms with Gasteiger partial charge in [-0.05, 0) is 55.5 Å². The molecule has 216 valence electrons. The molecule has 0 atom stereocenters. The molecule has 1 aliphatic heterocycles. The molecule has 4 aromatic rings. The van der Waals surface area contributed by atoms with Crippen molar-refractivity contribution in [3.8, 4) is 5.69 Å². The molecule has 0 bridgehead atoms. The molecule has 2 amide bonds. The number of nitrogens with zero attached hydrogens (tertiary/aromatic N) is 3. The first kappa shape index (κ1) is 29.0. The van der Waals surface area contributed by atoms with Crippen molar-refractivity contribution >= 4 is 61.3 Å². The van der Waals surface area contributed by atoms with Gasteiger partial charge in [0.25, 0.3) is 15.6 Å². The zero-order valence-electron chi connectivity index (χ0n) is 21.8. The number of aromatic nitrogens is 2. The van der Waals surface area contributed by atoms with E-state index in [9.17, 15) is 18.0 Å². The van der Waals surface area contributed by atoms with Crippen LogP contribution in [0.1, 0.15) is 5.82 Å². The molecular formula is C26H26ClFN6O5S2. The summed E-state index contributed by atoms with van der Waals surface area (Å²) >= 11 is 6.55. The number of thiophene rings is 1. The second-order valence-corrected chi connectivity index (χ2v) is 12.8. The first-order chi connectivity index (χ1) is 19.6. The zero-order valence-corrected chi connectivity index (χ0v) is 24.2. The summed E-state index contributed by atoms with van der Waals surface area (Å²) in [6.07, 6.45) is 0. The predicted octanol–water partition coefficient (Wildman–Crippen LogP) is 3.80. The van der Waals surface area contributed by atoms with Gasteiger partial charge in [0.2, 0.25) is 0 Å². The van der Waals surface area contributed by atoms with Gasteiger partial charge in [0.1, 0.15) is 15.9 Å². The van der Waals surface area contributed by atoms with E-state index in [4.69, 9.17) is 16.3 Å². The number of amides is 2. The lowest BCUT2D eigenvalue weighted by atomic mass is 10.2. The minimum Gasteiger partial charge on any atom is -0.384 e.